The first-order valence-corrected chi connectivity index (χ1v) is 10.9. The van der Waals surface area contributed by atoms with Gasteiger partial charge in [-0.2, -0.15) is 0 Å². The van der Waals surface area contributed by atoms with Gasteiger partial charge in [0.25, 0.3) is 0 Å². The fraction of sp³-hybridized carbons (Fsp3) is 0.762. The van der Waals surface area contributed by atoms with Gasteiger partial charge in [-0.1, -0.05) is 0 Å². The second kappa shape index (κ2) is 9.76. The van der Waals surface area contributed by atoms with Crippen LogP contribution in [0.25, 0.3) is 0 Å². The molecule has 3 aliphatic heterocycles. The fourth-order valence-electron chi connectivity index (χ4n) is 4.51. The highest BCUT2D eigenvalue weighted by molar-refractivity contribution is 5.80. The number of morpholine rings is 1. The standard InChI is InChI=1S/C21H34N4O3/c1-2-22-21(25-11-14-28-20(16-25)19-8-6-13-27-19)23-15-17(18-7-5-12-26-18)24-9-3-4-10-24/h5,7,12,17,19-20H,2-4,6,8-11,13-16H2,1H3,(H,22,23). The van der Waals surface area contributed by atoms with Gasteiger partial charge in [0.1, 0.15) is 11.9 Å². The summed E-state index contributed by atoms with van der Waals surface area (Å²) in [4.78, 5) is 9.87. The van der Waals surface area contributed by atoms with E-state index in [1.807, 2.05) is 6.07 Å². The smallest absolute Gasteiger partial charge is 0.194 e. The van der Waals surface area contributed by atoms with Crippen molar-refractivity contribution in [2.45, 2.75) is 50.9 Å². The molecule has 0 amide bonds. The van der Waals surface area contributed by atoms with Crippen LogP contribution < -0.4 is 5.32 Å². The van der Waals surface area contributed by atoms with Crippen molar-refractivity contribution in [3.63, 3.8) is 0 Å². The molecule has 3 fully saturated rings. The molecule has 1 N–H and O–H groups in total. The lowest BCUT2D eigenvalue weighted by Crippen LogP contribution is -2.53. The molecular weight excluding hydrogens is 356 g/mol. The van der Waals surface area contributed by atoms with Crippen LogP contribution in [-0.4, -0.2) is 80.4 Å². The van der Waals surface area contributed by atoms with Crippen molar-refractivity contribution in [2.75, 3.05) is 52.5 Å². The molecule has 1 aromatic rings. The largest absolute Gasteiger partial charge is 0.468 e. The Morgan fingerprint density at radius 3 is 2.75 bits per heavy atom. The van der Waals surface area contributed by atoms with E-state index in [1.54, 1.807) is 6.26 Å². The average Bonchev–Trinajstić information content (AvgIpc) is 3.51. The molecule has 0 spiro atoms. The number of ether oxygens (including phenoxy) is 2. The second-order valence-corrected chi connectivity index (χ2v) is 7.88. The predicted octanol–water partition coefficient (Wildman–Crippen LogP) is 2.26. The van der Waals surface area contributed by atoms with Crippen LogP contribution in [-0.2, 0) is 9.47 Å². The van der Waals surface area contributed by atoms with Gasteiger partial charge >= 0.3 is 0 Å². The minimum atomic E-state index is 0.138. The quantitative estimate of drug-likeness (QED) is 0.594. The normalized spacial score (nSPS) is 28.0. The van der Waals surface area contributed by atoms with Gasteiger partial charge in [0, 0.05) is 26.2 Å². The van der Waals surface area contributed by atoms with E-state index in [4.69, 9.17) is 18.9 Å². The second-order valence-electron chi connectivity index (χ2n) is 7.88. The lowest BCUT2D eigenvalue weighted by molar-refractivity contribution is -0.0817. The summed E-state index contributed by atoms with van der Waals surface area (Å²) in [5.74, 6) is 1.99. The monoisotopic (exact) mass is 390 g/mol. The molecule has 0 aromatic carbocycles. The highest BCUT2D eigenvalue weighted by Gasteiger charge is 2.32. The molecule has 4 heterocycles. The minimum Gasteiger partial charge on any atom is -0.468 e. The number of likely N-dealkylation sites (tertiary alicyclic amines) is 1. The van der Waals surface area contributed by atoms with Gasteiger partial charge in [-0.25, -0.2) is 0 Å². The zero-order valence-electron chi connectivity index (χ0n) is 17.0. The molecule has 0 saturated carbocycles. The minimum absolute atomic E-state index is 0.138. The van der Waals surface area contributed by atoms with Crippen LogP contribution in [0.4, 0.5) is 0 Å². The number of aliphatic imine (C=N–C) groups is 1. The summed E-state index contributed by atoms with van der Waals surface area (Å²) in [6, 6.07) is 4.26. The van der Waals surface area contributed by atoms with Crippen molar-refractivity contribution >= 4 is 5.96 Å². The lowest BCUT2D eigenvalue weighted by atomic mass is 10.1. The topological polar surface area (TPSA) is 62.5 Å². The van der Waals surface area contributed by atoms with Gasteiger partial charge in [-0.05, 0) is 57.8 Å². The Bertz CT molecular complexity index is 609. The Kier molecular flexibility index (Phi) is 6.88. The molecule has 7 heteroatoms. The fourth-order valence-corrected chi connectivity index (χ4v) is 4.51. The molecule has 3 atom stereocenters. The van der Waals surface area contributed by atoms with Crippen LogP contribution in [0.2, 0.25) is 0 Å². The van der Waals surface area contributed by atoms with E-state index in [9.17, 15) is 0 Å². The highest BCUT2D eigenvalue weighted by atomic mass is 16.5. The number of hydrogen-bond donors (Lipinski definition) is 1. The Morgan fingerprint density at radius 1 is 1.18 bits per heavy atom. The summed E-state index contributed by atoms with van der Waals surface area (Å²) >= 11 is 0. The SMILES string of the molecule is CCNC(=NCC(c1ccco1)N1CCCC1)N1CCOC(C2CCCO2)C1. The van der Waals surface area contributed by atoms with Crippen LogP contribution in [0, 0.1) is 0 Å². The molecule has 7 nitrogen and oxygen atoms in total. The van der Waals surface area contributed by atoms with Crippen molar-refractivity contribution < 1.29 is 13.9 Å². The molecule has 0 aliphatic carbocycles. The maximum atomic E-state index is 6.01. The van der Waals surface area contributed by atoms with E-state index in [0.717, 1.165) is 70.5 Å². The Morgan fingerprint density at radius 2 is 2.04 bits per heavy atom. The van der Waals surface area contributed by atoms with Crippen LogP contribution in [0.1, 0.15) is 44.4 Å². The van der Waals surface area contributed by atoms with Crippen molar-refractivity contribution in [2.24, 2.45) is 4.99 Å². The molecule has 28 heavy (non-hydrogen) atoms. The third kappa shape index (κ3) is 4.70. The van der Waals surface area contributed by atoms with Crippen molar-refractivity contribution in [3.8, 4) is 0 Å². The summed E-state index contributed by atoms with van der Waals surface area (Å²) in [5, 5.41) is 3.49. The van der Waals surface area contributed by atoms with Gasteiger partial charge in [0.2, 0.25) is 0 Å². The number of guanidine groups is 1. The third-order valence-electron chi connectivity index (χ3n) is 5.97. The van der Waals surface area contributed by atoms with E-state index < -0.39 is 0 Å². The first-order chi connectivity index (χ1) is 13.8. The van der Waals surface area contributed by atoms with Gasteiger partial charge in [0.15, 0.2) is 5.96 Å². The van der Waals surface area contributed by atoms with Gasteiger partial charge in [-0.15, -0.1) is 0 Å². The molecular formula is C21H34N4O3. The summed E-state index contributed by atoms with van der Waals surface area (Å²) in [6.45, 7) is 9.22. The van der Waals surface area contributed by atoms with Crippen molar-refractivity contribution in [1.29, 1.82) is 0 Å². The first-order valence-electron chi connectivity index (χ1n) is 10.9. The first kappa shape index (κ1) is 19.7. The van der Waals surface area contributed by atoms with Crippen LogP contribution in [0.5, 0.6) is 0 Å². The van der Waals surface area contributed by atoms with Crippen LogP contribution in [0.3, 0.4) is 0 Å². The summed E-state index contributed by atoms with van der Waals surface area (Å²) < 4.78 is 17.6. The van der Waals surface area contributed by atoms with Crippen LogP contribution >= 0.6 is 0 Å². The Balaban J connectivity index is 1.45. The molecule has 3 saturated heterocycles. The molecule has 4 rings (SSSR count). The van der Waals surface area contributed by atoms with Gasteiger partial charge in [-0.3, -0.25) is 9.89 Å². The molecule has 0 radical (unpaired) electrons. The molecule has 3 aliphatic rings. The summed E-state index contributed by atoms with van der Waals surface area (Å²) in [5.41, 5.74) is 0. The molecule has 1 aromatic heterocycles. The maximum Gasteiger partial charge on any atom is 0.194 e. The average molecular weight is 391 g/mol. The number of nitrogens with one attached hydrogen (secondary N) is 1. The maximum absolute atomic E-state index is 6.01. The van der Waals surface area contributed by atoms with E-state index in [0.29, 0.717) is 6.54 Å². The van der Waals surface area contributed by atoms with Crippen molar-refractivity contribution in [1.82, 2.24) is 15.1 Å². The Labute approximate surface area is 168 Å². The molecule has 0 bridgehead atoms. The van der Waals surface area contributed by atoms with Gasteiger partial charge < -0.3 is 24.1 Å². The number of hydrogen-bond acceptors (Lipinski definition) is 5. The van der Waals surface area contributed by atoms with Gasteiger partial charge in [0.05, 0.1) is 31.6 Å². The summed E-state index contributed by atoms with van der Waals surface area (Å²) in [6.07, 6.45) is 6.88. The molecule has 3 unspecified atom stereocenters. The van der Waals surface area contributed by atoms with Crippen LogP contribution in [0.15, 0.2) is 27.8 Å². The molecule has 156 valence electrons. The predicted molar refractivity (Wildman–Crippen MR) is 109 cm³/mol. The zero-order valence-corrected chi connectivity index (χ0v) is 17.0. The van der Waals surface area contributed by atoms with E-state index in [-0.39, 0.29) is 18.2 Å². The zero-order chi connectivity index (χ0) is 19.2. The number of nitrogens with zero attached hydrogens (tertiary/aromatic N) is 3. The Hall–Kier alpha value is -1.57. The lowest BCUT2D eigenvalue weighted by Gasteiger charge is -2.37. The van der Waals surface area contributed by atoms with Crippen molar-refractivity contribution in [3.05, 3.63) is 24.2 Å². The summed E-state index contributed by atoms with van der Waals surface area (Å²) in [7, 11) is 0. The van der Waals surface area contributed by atoms with E-state index >= 15 is 0 Å². The third-order valence-corrected chi connectivity index (χ3v) is 5.97. The number of furan rings is 1. The highest BCUT2D eigenvalue weighted by Crippen LogP contribution is 2.26. The number of rotatable bonds is 6. The van der Waals surface area contributed by atoms with E-state index in [1.165, 1.54) is 12.8 Å². The van der Waals surface area contributed by atoms with E-state index in [2.05, 4.69) is 28.1 Å².